The molecule has 3 N–H and O–H groups in total. The van der Waals surface area contributed by atoms with Crippen LogP contribution in [0.25, 0.3) is 11.2 Å². The molecule has 0 aliphatic carbocycles. The molecule has 16 heavy (non-hydrogen) atoms. The number of hydrogen-bond donors (Lipinski definition) is 2. The van der Waals surface area contributed by atoms with Crippen molar-refractivity contribution in [1.29, 1.82) is 0 Å². The van der Waals surface area contributed by atoms with E-state index in [1.807, 2.05) is 0 Å². The van der Waals surface area contributed by atoms with Gasteiger partial charge in [-0.2, -0.15) is 0 Å². The fourth-order valence-electron chi connectivity index (χ4n) is 1.23. The van der Waals surface area contributed by atoms with Crippen LogP contribution in [0.5, 0.6) is 0 Å². The highest BCUT2D eigenvalue weighted by Crippen LogP contribution is 2.11. The minimum absolute atomic E-state index is 0.0585. The molecule has 0 aromatic carbocycles. The molecule has 0 bridgehead atoms. The molecular weight excluding hydrogens is 232 g/mol. The zero-order valence-electron chi connectivity index (χ0n) is 8.29. The third kappa shape index (κ3) is 2.03. The molecule has 86 valence electrons. The molecular formula is C8H10N4O3S. The summed E-state index contributed by atoms with van der Waals surface area (Å²) in [5, 5.41) is 8.76. The first-order valence-corrected chi connectivity index (χ1v) is 5.34. The third-order valence-electron chi connectivity index (χ3n) is 1.88. The molecule has 2 aromatic rings. The van der Waals surface area contributed by atoms with E-state index >= 15 is 0 Å². The normalized spacial score (nSPS) is 11.1. The Morgan fingerprint density at radius 1 is 1.62 bits per heavy atom. The number of rotatable bonds is 4. The Kier molecular flexibility index (Phi) is 3.13. The van der Waals surface area contributed by atoms with E-state index in [0.717, 1.165) is 11.3 Å². The number of hydrogen-bond acceptors (Lipinski definition) is 7. The van der Waals surface area contributed by atoms with Gasteiger partial charge in [0.1, 0.15) is 6.73 Å². The van der Waals surface area contributed by atoms with E-state index in [1.54, 1.807) is 4.57 Å². The molecule has 0 unspecified atom stereocenters. The lowest BCUT2D eigenvalue weighted by molar-refractivity contribution is 0.0499. The lowest BCUT2D eigenvalue weighted by Gasteiger charge is -2.03. The van der Waals surface area contributed by atoms with Crippen LogP contribution in [0.15, 0.2) is 11.1 Å². The van der Waals surface area contributed by atoms with E-state index in [2.05, 4.69) is 9.97 Å². The number of ether oxygens (including phenoxy) is 1. The first-order valence-electron chi connectivity index (χ1n) is 4.52. The molecule has 8 heteroatoms. The summed E-state index contributed by atoms with van der Waals surface area (Å²) in [4.78, 5) is 19.5. The summed E-state index contributed by atoms with van der Waals surface area (Å²) >= 11 is 0.858. The molecule has 0 fully saturated rings. The monoisotopic (exact) mass is 242 g/mol. The largest absolute Gasteiger partial charge is 0.394 e. The minimum atomic E-state index is -0.219. The summed E-state index contributed by atoms with van der Waals surface area (Å²) in [6, 6.07) is 0. The van der Waals surface area contributed by atoms with Crippen molar-refractivity contribution < 1.29 is 9.84 Å². The predicted octanol–water partition coefficient (Wildman–Crippen LogP) is -0.598. The molecule has 2 aromatic heterocycles. The highest BCUT2D eigenvalue weighted by atomic mass is 32.1. The molecule has 0 radical (unpaired) electrons. The fourth-order valence-corrected chi connectivity index (χ4v) is 1.79. The fraction of sp³-hybridized carbons (Fsp3) is 0.375. The summed E-state index contributed by atoms with van der Waals surface area (Å²) < 4.78 is 6.45. The Bertz CT molecular complexity index is 550. The van der Waals surface area contributed by atoms with Gasteiger partial charge in [0.15, 0.2) is 16.3 Å². The predicted molar refractivity (Wildman–Crippen MR) is 59.1 cm³/mol. The van der Waals surface area contributed by atoms with Gasteiger partial charge in [-0.05, 0) is 0 Å². The van der Waals surface area contributed by atoms with Crippen LogP contribution in [-0.2, 0) is 11.5 Å². The second kappa shape index (κ2) is 4.56. The number of aromatic nitrogens is 3. The van der Waals surface area contributed by atoms with Crippen LogP contribution >= 0.6 is 11.3 Å². The van der Waals surface area contributed by atoms with Crippen LogP contribution in [0.2, 0.25) is 0 Å². The topological polar surface area (TPSA) is 103 Å². The molecule has 2 rings (SSSR count). The van der Waals surface area contributed by atoms with Gasteiger partial charge in [-0.1, -0.05) is 11.3 Å². The Balaban J connectivity index is 2.36. The number of nitrogens with two attached hydrogens (primary N) is 1. The summed E-state index contributed by atoms with van der Waals surface area (Å²) in [6.07, 6.45) is 1.46. The van der Waals surface area contributed by atoms with Crippen LogP contribution in [0.4, 0.5) is 5.13 Å². The van der Waals surface area contributed by atoms with Gasteiger partial charge in [-0.25, -0.2) is 9.97 Å². The molecule has 0 saturated carbocycles. The number of aliphatic hydroxyl groups is 1. The zero-order valence-corrected chi connectivity index (χ0v) is 9.11. The summed E-state index contributed by atoms with van der Waals surface area (Å²) in [5.41, 5.74) is 6.18. The summed E-state index contributed by atoms with van der Waals surface area (Å²) in [6.45, 7) is 0.337. The highest BCUT2D eigenvalue weighted by molar-refractivity contribution is 7.13. The van der Waals surface area contributed by atoms with Crippen LogP contribution in [0.1, 0.15) is 0 Å². The van der Waals surface area contributed by atoms with Crippen LogP contribution in [0.3, 0.4) is 0 Å². The van der Waals surface area contributed by atoms with Crippen molar-refractivity contribution in [3.63, 3.8) is 0 Å². The molecule has 0 aliphatic rings. The zero-order chi connectivity index (χ0) is 11.5. The molecule has 0 atom stereocenters. The summed E-state index contributed by atoms with van der Waals surface area (Å²) in [7, 11) is 0. The molecule has 0 amide bonds. The van der Waals surface area contributed by atoms with Gasteiger partial charge in [-0.15, -0.1) is 0 Å². The number of fused-ring (bicyclic) bond motifs is 1. The van der Waals surface area contributed by atoms with Gasteiger partial charge in [0.05, 0.1) is 19.5 Å². The smallest absolute Gasteiger partial charge is 0.265 e. The van der Waals surface area contributed by atoms with E-state index < -0.39 is 0 Å². The number of aliphatic hydroxyl groups excluding tert-OH is 1. The lowest BCUT2D eigenvalue weighted by Crippen LogP contribution is -2.07. The van der Waals surface area contributed by atoms with Gasteiger partial charge in [0.2, 0.25) is 0 Å². The maximum Gasteiger partial charge on any atom is 0.265 e. The Morgan fingerprint density at radius 2 is 2.44 bits per heavy atom. The van der Waals surface area contributed by atoms with Gasteiger partial charge >= 0.3 is 0 Å². The van der Waals surface area contributed by atoms with E-state index in [4.69, 9.17) is 15.6 Å². The van der Waals surface area contributed by atoms with Crippen molar-refractivity contribution in [1.82, 2.24) is 14.5 Å². The van der Waals surface area contributed by atoms with Gasteiger partial charge < -0.3 is 15.6 Å². The Hall–Kier alpha value is -1.51. The second-order valence-electron chi connectivity index (χ2n) is 2.99. The van der Waals surface area contributed by atoms with Crippen LogP contribution < -0.4 is 10.5 Å². The maximum absolute atomic E-state index is 11.5. The number of nitrogens with zero attached hydrogens (tertiary/aromatic N) is 3. The van der Waals surface area contributed by atoms with Crippen molar-refractivity contribution in [3.05, 3.63) is 15.9 Å². The second-order valence-corrected chi connectivity index (χ2v) is 3.98. The van der Waals surface area contributed by atoms with Crippen LogP contribution in [-0.4, -0.2) is 32.9 Å². The van der Waals surface area contributed by atoms with Crippen molar-refractivity contribution in [2.24, 2.45) is 0 Å². The number of anilines is 1. The summed E-state index contributed by atoms with van der Waals surface area (Å²) in [5.74, 6) is 0. The molecule has 2 heterocycles. The third-order valence-corrected chi connectivity index (χ3v) is 2.56. The maximum atomic E-state index is 11.5. The minimum Gasteiger partial charge on any atom is -0.394 e. The average Bonchev–Trinajstić information content (AvgIpc) is 2.62. The van der Waals surface area contributed by atoms with Crippen LogP contribution in [0, 0.1) is 0 Å². The van der Waals surface area contributed by atoms with Gasteiger partial charge in [-0.3, -0.25) is 9.36 Å². The van der Waals surface area contributed by atoms with Crippen molar-refractivity contribution in [3.8, 4) is 0 Å². The molecule has 0 aliphatic heterocycles. The van der Waals surface area contributed by atoms with E-state index in [-0.39, 0.29) is 35.3 Å². The quantitative estimate of drug-likeness (QED) is 0.694. The number of imidazole rings is 1. The van der Waals surface area contributed by atoms with Crippen molar-refractivity contribution >= 4 is 27.6 Å². The Morgan fingerprint density at radius 3 is 3.19 bits per heavy atom. The molecule has 7 nitrogen and oxygen atoms in total. The van der Waals surface area contributed by atoms with Crippen molar-refractivity contribution in [2.45, 2.75) is 6.73 Å². The number of nitrogen functional groups attached to an aromatic ring is 1. The standard InChI is InChI=1S/C8H10N4O3S/c9-8-11-6-5(7(14)16-8)10-3-12(6)4-15-2-1-13/h3,13H,1-2,4H2,(H2,9,11). The average molecular weight is 242 g/mol. The van der Waals surface area contributed by atoms with Crippen molar-refractivity contribution in [2.75, 3.05) is 18.9 Å². The van der Waals surface area contributed by atoms with E-state index in [0.29, 0.717) is 5.65 Å². The highest BCUT2D eigenvalue weighted by Gasteiger charge is 2.09. The Labute approximate surface area is 94.1 Å². The van der Waals surface area contributed by atoms with E-state index in [1.165, 1.54) is 6.33 Å². The lowest BCUT2D eigenvalue weighted by atomic mass is 10.6. The SMILES string of the molecule is Nc1nc2c(ncn2COCCO)c(=O)s1. The first kappa shape index (κ1) is 11.0. The van der Waals surface area contributed by atoms with E-state index in [9.17, 15) is 4.79 Å². The van der Waals surface area contributed by atoms with Gasteiger partial charge in [0.25, 0.3) is 4.74 Å². The molecule has 0 spiro atoms. The first-order chi connectivity index (χ1) is 7.72. The van der Waals surface area contributed by atoms with Gasteiger partial charge in [0, 0.05) is 0 Å². The molecule has 0 saturated heterocycles.